The zero-order valence-corrected chi connectivity index (χ0v) is 23.1. The zero-order valence-electron chi connectivity index (χ0n) is 23.1. The number of nitrogens with one attached hydrogen (secondary N) is 1. The third-order valence-corrected chi connectivity index (χ3v) is 7.34. The standard InChI is InChI=1S/C30H32N6O5/c1-4-18-41-30(39)36-25-20-35(29(38)26(40-3)21-8-6-5-7-9-21)19-24(25)27(32-36)31-28(37)22-10-12-23(13-11-22)34-16-14-33(2)15-17-34/h1,5-13,26H,14-20H2,2-3H3,(H,31,32,37). The molecule has 1 fully saturated rings. The van der Waals surface area contributed by atoms with Gasteiger partial charge in [-0.05, 0) is 36.9 Å². The van der Waals surface area contributed by atoms with E-state index >= 15 is 0 Å². The number of aromatic nitrogens is 2. The second-order valence-electron chi connectivity index (χ2n) is 9.96. The first-order valence-corrected chi connectivity index (χ1v) is 13.3. The summed E-state index contributed by atoms with van der Waals surface area (Å²) >= 11 is 0. The number of rotatable bonds is 7. The summed E-state index contributed by atoms with van der Waals surface area (Å²) in [5.74, 6) is 1.76. The quantitative estimate of drug-likeness (QED) is 0.443. The minimum Gasteiger partial charge on any atom is -0.435 e. The third-order valence-electron chi connectivity index (χ3n) is 7.34. The number of carbonyl (C=O) groups excluding carboxylic acids is 3. The van der Waals surface area contributed by atoms with Crippen LogP contribution in [0.15, 0.2) is 54.6 Å². The van der Waals surface area contributed by atoms with Crippen LogP contribution in [0.1, 0.15) is 33.3 Å². The molecule has 1 saturated heterocycles. The summed E-state index contributed by atoms with van der Waals surface area (Å²) in [6.45, 7) is 3.77. The molecule has 1 aromatic heterocycles. The van der Waals surface area contributed by atoms with Crippen molar-refractivity contribution in [3.63, 3.8) is 0 Å². The number of fused-ring (bicyclic) bond motifs is 1. The number of nitrogens with zero attached hydrogens (tertiary/aromatic N) is 5. The summed E-state index contributed by atoms with van der Waals surface area (Å²) in [6, 6.07) is 16.5. The highest BCUT2D eigenvalue weighted by Gasteiger charge is 2.36. The van der Waals surface area contributed by atoms with Crippen LogP contribution in [0.25, 0.3) is 0 Å². The number of likely N-dealkylation sites (N-methyl/N-ethyl adjacent to an activating group) is 1. The molecular weight excluding hydrogens is 524 g/mol. The largest absolute Gasteiger partial charge is 0.436 e. The van der Waals surface area contributed by atoms with Crippen LogP contribution >= 0.6 is 0 Å². The molecule has 0 bridgehead atoms. The van der Waals surface area contributed by atoms with Gasteiger partial charge in [-0.3, -0.25) is 9.59 Å². The van der Waals surface area contributed by atoms with E-state index in [1.807, 2.05) is 42.5 Å². The maximum atomic E-state index is 13.5. The SMILES string of the molecule is C#CCOC(=O)n1nc(NC(=O)c2ccc(N3CCN(C)CC3)cc2)c2c1CN(C(=O)C(OC)c1ccccc1)C2. The predicted octanol–water partition coefficient (Wildman–Crippen LogP) is 2.74. The van der Waals surface area contributed by atoms with Crippen molar-refractivity contribution in [2.45, 2.75) is 19.2 Å². The van der Waals surface area contributed by atoms with E-state index < -0.39 is 12.2 Å². The molecule has 11 heteroatoms. The monoisotopic (exact) mass is 556 g/mol. The molecule has 3 heterocycles. The van der Waals surface area contributed by atoms with E-state index in [1.165, 1.54) is 7.11 Å². The second-order valence-corrected chi connectivity index (χ2v) is 9.96. The highest BCUT2D eigenvalue weighted by atomic mass is 16.6. The number of anilines is 2. The molecule has 2 aromatic carbocycles. The van der Waals surface area contributed by atoms with Gasteiger partial charge in [-0.25, -0.2) is 4.79 Å². The van der Waals surface area contributed by atoms with Crippen LogP contribution in [0.4, 0.5) is 16.3 Å². The Morgan fingerprint density at radius 3 is 2.39 bits per heavy atom. The molecular formula is C30H32N6O5. The average molecular weight is 557 g/mol. The van der Waals surface area contributed by atoms with E-state index in [0.29, 0.717) is 22.4 Å². The van der Waals surface area contributed by atoms with Gasteiger partial charge in [0, 0.05) is 50.1 Å². The smallest absolute Gasteiger partial charge is 0.435 e. The topological polar surface area (TPSA) is 109 Å². The molecule has 41 heavy (non-hydrogen) atoms. The summed E-state index contributed by atoms with van der Waals surface area (Å²) in [7, 11) is 3.57. The lowest BCUT2D eigenvalue weighted by Gasteiger charge is -2.34. The molecule has 2 amide bonds. The second kappa shape index (κ2) is 12.2. The number of terminal acetylenes is 1. The van der Waals surface area contributed by atoms with Crippen molar-refractivity contribution in [1.29, 1.82) is 0 Å². The number of piperazine rings is 1. The minimum absolute atomic E-state index is 0.0780. The van der Waals surface area contributed by atoms with Crippen LogP contribution in [0.2, 0.25) is 0 Å². The van der Waals surface area contributed by atoms with Gasteiger partial charge in [-0.15, -0.1) is 11.5 Å². The van der Waals surface area contributed by atoms with Crippen LogP contribution in [0.3, 0.4) is 0 Å². The molecule has 0 saturated carbocycles. The van der Waals surface area contributed by atoms with Crippen LogP contribution in [-0.2, 0) is 27.4 Å². The van der Waals surface area contributed by atoms with Crippen molar-refractivity contribution < 1.29 is 23.9 Å². The van der Waals surface area contributed by atoms with Crippen LogP contribution in [0, 0.1) is 12.3 Å². The lowest BCUT2D eigenvalue weighted by Crippen LogP contribution is -2.44. The molecule has 0 aliphatic carbocycles. The normalized spacial score (nSPS) is 15.6. The summed E-state index contributed by atoms with van der Waals surface area (Å²) in [6.07, 6.45) is 3.63. The van der Waals surface area contributed by atoms with Crippen molar-refractivity contribution in [3.05, 3.63) is 77.0 Å². The number of ether oxygens (including phenoxy) is 2. The van der Waals surface area contributed by atoms with Crippen LogP contribution < -0.4 is 10.2 Å². The van der Waals surface area contributed by atoms with E-state index in [4.69, 9.17) is 15.9 Å². The molecule has 1 N–H and O–H groups in total. The van der Waals surface area contributed by atoms with Crippen molar-refractivity contribution in [2.75, 3.05) is 57.2 Å². The van der Waals surface area contributed by atoms with Gasteiger partial charge >= 0.3 is 6.09 Å². The van der Waals surface area contributed by atoms with Crippen molar-refractivity contribution >= 4 is 29.4 Å². The third kappa shape index (κ3) is 5.94. The molecule has 0 spiro atoms. The van der Waals surface area contributed by atoms with Gasteiger partial charge in [0.05, 0.1) is 18.8 Å². The van der Waals surface area contributed by atoms with Gasteiger partial charge in [0.25, 0.3) is 11.8 Å². The summed E-state index contributed by atoms with van der Waals surface area (Å²) < 4.78 is 11.7. The first-order valence-electron chi connectivity index (χ1n) is 13.3. The van der Waals surface area contributed by atoms with Gasteiger partial charge < -0.3 is 29.5 Å². The Kier molecular flexibility index (Phi) is 8.33. The van der Waals surface area contributed by atoms with Gasteiger partial charge in [0.1, 0.15) is 0 Å². The van der Waals surface area contributed by atoms with Crippen LogP contribution in [0.5, 0.6) is 0 Å². The Bertz CT molecular complexity index is 1450. The molecule has 1 unspecified atom stereocenters. The summed E-state index contributed by atoms with van der Waals surface area (Å²) in [4.78, 5) is 45.6. The Labute approximate surface area is 238 Å². The van der Waals surface area contributed by atoms with E-state index in [1.54, 1.807) is 17.0 Å². The van der Waals surface area contributed by atoms with Gasteiger partial charge in [-0.1, -0.05) is 36.3 Å². The summed E-state index contributed by atoms with van der Waals surface area (Å²) in [5, 5.41) is 7.15. The number of amides is 2. The predicted molar refractivity (Wildman–Crippen MR) is 152 cm³/mol. The number of carbonyl (C=O) groups is 3. The molecule has 2 aliphatic heterocycles. The maximum absolute atomic E-state index is 13.5. The highest BCUT2D eigenvalue weighted by molar-refractivity contribution is 6.04. The van der Waals surface area contributed by atoms with E-state index in [2.05, 4.69) is 33.2 Å². The molecule has 2 aliphatic rings. The Balaban J connectivity index is 1.36. The maximum Gasteiger partial charge on any atom is 0.436 e. The molecule has 11 nitrogen and oxygen atoms in total. The van der Waals surface area contributed by atoms with Gasteiger partial charge in [0.2, 0.25) is 0 Å². The molecule has 1 atom stereocenters. The lowest BCUT2D eigenvalue weighted by molar-refractivity contribution is -0.143. The lowest BCUT2D eigenvalue weighted by atomic mass is 10.1. The van der Waals surface area contributed by atoms with E-state index in [9.17, 15) is 14.4 Å². The average Bonchev–Trinajstić information content (AvgIpc) is 3.58. The fourth-order valence-electron chi connectivity index (χ4n) is 5.05. The molecule has 3 aromatic rings. The van der Waals surface area contributed by atoms with E-state index in [-0.39, 0.29) is 37.3 Å². The zero-order chi connectivity index (χ0) is 28.9. The number of hydrogen-bond donors (Lipinski definition) is 1. The molecule has 0 radical (unpaired) electrons. The Morgan fingerprint density at radius 1 is 1.02 bits per heavy atom. The van der Waals surface area contributed by atoms with Crippen LogP contribution in [-0.4, -0.2) is 84.4 Å². The highest BCUT2D eigenvalue weighted by Crippen LogP contribution is 2.32. The number of benzene rings is 2. The van der Waals surface area contributed by atoms with E-state index in [0.717, 1.165) is 36.5 Å². The number of methoxy groups -OCH3 is 1. The van der Waals surface area contributed by atoms with Crippen molar-refractivity contribution in [1.82, 2.24) is 19.6 Å². The molecule has 212 valence electrons. The minimum atomic E-state index is -0.827. The van der Waals surface area contributed by atoms with Crippen molar-refractivity contribution in [2.24, 2.45) is 0 Å². The first kappa shape index (κ1) is 27.9. The fourth-order valence-corrected chi connectivity index (χ4v) is 5.05. The Morgan fingerprint density at radius 2 is 1.73 bits per heavy atom. The fraction of sp³-hybridized carbons (Fsp3) is 0.333. The molecule has 5 rings (SSSR count). The Hall–Kier alpha value is -4.66. The van der Waals surface area contributed by atoms with Gasteiger partial charge in [-0.2, -0.15) is 4.68 Å². The van der Waals surface area contributed by atoms with Crippen molar-refractivity contribution in [3.8, 4) is 12.3 Å². The van der Waals surface area contributed by atoms with Gasteiger partial charge in [0.15, 0.2) is 18.5 Å². The first-order chi connectivity index (χ1) is 19.9. The summed E-state index contributed by atoms with van der Waals surface area (Å²) in [5.41, 5.74) is 3.18. The number of hydrogen-bond acceptors (Lipinski definition) is 8.